The highest BCUT2D eigenvalue weighted by Gasteiger charge is 2.19. The van der Waals surface area contributed by atoms with Gasteiger partial charge in [0.05, 0.1) is 18.7 Å². The van der Waals surface area contributed by atoms with Crippen molar-refractivity contribution in [3.63, 3.8) is 0 Å². The first-order valence-corrected chi connectivity index (χ1v) is 7.04. The van der Waals surface area contributed by atoms with E-state index >= 15 is 0 Å². The van der Waals surface area contributed by atoms with Crippen LogP contribution in [0.3, 0.4) is 0 Å². The maximum atomic E-state index is 10.5. The Bertz CT molecular complexity index is 576. The Morgan fingerprint density at radius 2 is 2.15 bits per heavy atom. The minimum atomic E-state index is -0.478. The molecule has 2 heterocycles. The van der Waals surface area contributed by atoms with Crippen LogP contribution in [0.4, 0.5) is 0 Å². The molecule has 0 spiro atoms. The van der Waals surface area contributed by atoms with Gasteiger partial charge in [-0.3, -0.25) is 4.90 Å². The number of rotatable bonds is 4. The van der Waals surface area contributed by atoms with Gasteiger partial charge in [-0.25, -0.2) is 0 Å². The van der Waals surface area contributed by atoms with E-state index in [1.807, 2.05) is 24.4 Å². The number of nitrogens with zero attached hydrogens (tertiary/aromatic N) is 1. The van der Waals surface area contributed by atoms with Crippen molar-refractivity contribution in [2.24, 2.45) is 0 Å². The van der Waals surface area contributed by atoms with Gasteiger partial charge in [0.15, 0.2) is 0 Å². The van der Waals surface area contributed by atoms with Gasteiger partial charge in [-0.2, -0.15) is 0 Å². The molecule has 0 bridgehead atoms. The number of fused-ring (bicyclic) bond motifs is 1. The molecule has 2 aromatic rings. The minimum Gasteiger partial charge on any atom is -0.495 e. The van der Waals surface area contributed by atoms with Crippen molar-refractivity contribution in [3.8, 4) is 5.75 Å². The lowest BCUT2D eigenvalue weighted by atomic mass is 10.1. The van der Waals surface area contributed by atoms with Crippen LogP contribution in [-0.2, 0) is 0 Å². The van der Waals surface area contributed by atoms with Gasteiger partial charge in [-0.1, -0.05) is 12.1 Å². The summed E-state index contributed by atoms with van der Waals surface area (Å²) >= 11 is 0. The molecule has 1 aliphatic heterocycles. The number of ether oxygens (including phenoxy) is 1. The highest BCUT2D eigenvalue weighted by molar-refractivity contribution is 5.88. The van der Waals surface area contributed by atoms with Gasteiger partial charge in [-0.15, -0.1) is 0 Å². The van der Waals surface area contributed by atoms with Crippen molar-refractivity contribution in [3.05, 3.63) is 30.0 Å². The number of H-pyrrole nitrogens is 1. The summed E-state index contributed by atoms with van der Waals surface area (Å²) in [5.41, 5.74) is 1.89. The van der Waals surface area contributed by atoms with Crippen molar-refractivity contribution in [2.75, 3.05) is 39.8 Å². The fourth-order valence-corrected chi connectivity index (χ4v) is 2.83. The normalized spacial score (nSPS) is 18.3. The van der Waals surface area contributed by atoms with Gasteiger partial charge in [0, 0.05) is 49.9 Å². The molecule has 5 heteroatoms. The van der Waals surface area contributed by atoms with Crippen molar-refractivity contribution >= 4 is 10.9 Å². The third-order valence-corrected chi connectivity index (χ3v) is 3.93. The van der Waals surface area contributed by atoms with Crippen LogP contribution in [0.25, 0.3) is 10.9 Å². The zero-order valence-corrected chi connectivity index (χ0v) is 11.7. The first-order chi connectivity index (χ1) is 9.79. The number of piperazine rings is 1. The highest BCUT2D eigenvalue weighted by atomic mass is 16.5. The smallest absolute Gasteiger partial charge is 0.142 e. The quantitative estimate of drug-likeness (QED) is 0.782. The number of hydrogen-bond donors (Lipinski definition) is 3. The first kappa shape index (κ1) is 13.4. The Kier molecular flexibility index (Phi) is 3.91. The van der Waals surface area contributed by atoms with Crippen LogP contribution in [0.1, 0.15) is 11.7 Å². The van der Waals surface area contributed by atoms with Crippen molar-refractivity contribution < 1.29 is 9.84 Å². The van der Waals surface area contributed by atoms with Crippen LogP contribution in [-0.4, -0.2) is 54.8 Å². The second kappa shape index (κ2) is 5.83. The zero-order valence-electron chi connectivity index (χ0n) is 11.7. The molecule has 0 radical (unpaired) electrons. The molecule has 108 valence electrons. The Labute approximate surface area is 118 Å². The molecule has 3 N–H and O–H groups in total. The van der Waals surface area contributed by atoms with Crippen molar-refractivity contribution in [1.82, 2.24) is 15.2 Å². The number of aromatic nitrogens is 1. The van der Waals surface area contributed by atoms with Gasteiger partial charge in [0.25, 0.3) is 0 Å². The number of methoxy groups -OCH3 is 1. The summed E-state index contributed by atoms with van der Waals surface area (Å²) in [5.74, 6) is 0.808. The summed E-state index contributed by atoms with van der Waals surface area (Å²) in [6.45, 7) is 4.64. The molecule has 1 aromatic carbocycles. The van der Waals surface area contributed by atoms with E-state index in [1.54, 1.807) is 7.11 Å². The SMILES string of the molecule is COc1cccc2c(C(O)CN3CCNCC3)c[nH]c12. The van der Waals surface area contributed by atoms with E-state index in [9.17, 15) is 5.11 Å². The molecule has 5 nitrogen and oxygen atoms in total. The van der Waals surface area contributed by atoms with Gasteiger partial charge in [0.1, 0.15) is 5.75 Å². The van der Waals surface area contributed by atoms with Crippen molar-refractivity contribution in [1.29, 1.82) is 0 Å². The summed E-state index contributed by atoms with van der Waals surface area (Å²) in [5, 5.41) is 14.9. The molecule has 3 rings (SSSR count). The molecule has 1 aromatic heterocycles. The fraction of sp³-hybridized carbons (Fsp3) is 0.467. The predicted octanol–water partition coefficient (Wildman–Crippen LogP) is 1.12. The first-order valence-electron chi connectivity index (χ1n) is 7.04. The Morgan fingerprint density at radius 1 is 1.35 bits per heavy atom. The molecular formula is C15H21N3O2. The van der Waals surface area contributed by atoms with E-state index in [-0.39, 0.29) is 0 Å². The van der Waals surface area contributed by atoms with E-state index in [0.29, 0.717) is 6.54 Å². The summed E-state index contributed by atoms with van der Waals surface area (Å²) in [6, 6.07) is 5.89. The molecule has 1 atom stereocenters. The van der Waals surface area contributed by atoms with Crippen LogP contribution in [0, 0.1) is 0 Å². The molecule has 1 fully saturated rings. The van der Waals surface area contributed by atoms with Crippen LogP contribution >= 0.6 is 0 Å². The summed E-state index contributed by atoms with van der Waals surface area (Å²) in [7, 11) is 1.66. The maximum absolute atomic E-state index is 10.5. The average molecular weight is 275 g/mol. The number of aliphatic hydroxyl groups excluding tert-OH is 1. The fourth-order valence-electron chi connectivity index (χ4n) is 2.83. The number of aromatic amines is 1. The van der Waals surface area contributed by atoms with Crippen LogP contribution < -0.4 is 10.1 Å². The van der Waals surface area contributed by atoms with E-state index in [2.05, 4.69) is 15.2 Å². The molecule has 0 aliphatic carbocycles. The summed E-state index contributed by atoms with van der Waals surface area (Å²) in [4.78, 5) is 5.50. The number of hydrogen-bond acceptors (Lipinski definition) is 4. The molecular weight excluding hydrogens is 254 g/mol. The van der Waals surface area contributed by atoms with E-state index < -0.39 is 6.10 Å². The average Bonchev–Trinajstić information content (AvgIpc) is 2.92. The highest BCUT2D eigenvalue weighted by Crippen LogP contribution is 2.30. The van der Waals surface area contributed by atoms with Gasteiger partial charge in [-0.05, 0) is 6.07 Å². The molecule has 1 saturated heterocycles. The van der Waals surface area contributed by atoms with Gasteiger partial charge < -0.3 is 20.1 Å². The van der Waals surface area contributed by atoms with E-state index in [1.165, 1.54) is 0 Å². The number of benzene rings is 1. The second-order valence-electron chi connectivity index (χ2n) is 5.19. The number of nitrogens with one attached hydrogen (secondary N) is 2. The second-order valence-corrected chi connectivity index (χ2v) is 5.19. The topological polar surface area (TPSA) is 60.5 Å². The van der Waals surface area contributed by atoms with Crippen molar-refractivity contribution in [2.45, 2.75) is 6.10 Å². The Balaban J connectivity index is 1.82. The molecule has 0 saturated carbocycles. The number of para-hydroxylation sites is 1. The summed E-state index contributed by atoms with van der Waals surface area (Å²) in [6.07, 6.45) is 1.41. The largest absolute Gasteiger partial charge is 0.495 e. The molecule has 1 aliphatic rings. The number of aliphatic hydroxyl groups is 1. The van der Waals surface area contributed by atoms with Crippen LogP contribution in [0.2, 0.25) is 0 Å². The standard InChI is InChI=1S/C15H21N3O2/c1-20-14-4-2-3-11-12(9-17-15(11)14)13(19)10-18-7-5-16-6-8-18/h2-4,9,13,16-17,19H,5-8,10H2,1H3. The van der Waals surface area contributed by atoms with Crippen LogP contribution in [0.5, 0.6) is 5.75 Å². The lowest BCUT2D eigenvalue weighted by Crippen LogP contribution is -2.44. The predicted molar refractivity (Wildman–Crippen MR) is 79.1 cm³/mol. The molecule has 20 heavy (non-hydrogen) atoms. The third-order valence-electron chi connectivity index (χ3n) is 3.93. The molecule has 1 unspecified atom stereocenters. The Morgan fingerprint density at radius 3 is 2.90 bits per heavy atom. The maximum Gasteiger partial charge on any atom is 0.142 e. The van der Waals surface area contributed by atoms with Gasteiger partial charge >= 0.3 is 0 Å². The zero-order chi connectivity index (χ0) is 13.9. The lowest BCUT2D eigenvalue weighted by Gasteiger charge is -2.29. The monoisotopic (exact) mass is 275 g/mol. The summed E-state index contributed by atoms with van der Waals surface area (Å²) < 4.78 is 5.34. The van der Waals surface area contributed by atoms with Crippen LogP contribution in [0.15, 0.2) is 24.4 Å². The lowest BCUT2D eigenvalue weighted by molar-refractivity contribution is 0.106. The Hall–Kier alpha value is -1.56. The minimum absolute atomic E-state index is 0.478. The molecule has 0 amide bonds. The van der Waals surface area contributed by atoms with E-state index in [0.717, 1.165) is 48.4 Å². The number of β-amino-alcohol motifs (C(OH)–C–C–N with tert-alkyl or cyclic N) is 1. The van der Waals surface area contributed by atoms with E-state index in [4.69, 9.17) is 4.74 Å². The third kappa shape index (κ3) is 2.52. The van der Waals surface area contributed by atoms with Gasteiger partial charge in [0.2, 0.25) is 0 Å².